The SMILES string of the molecule is O=C([O-])c1ccc(F)c(S(=O)(=O)NCCc2cccc(O)c2)c1. The first-order valence-electron chi connectivity index (χ1n) is 6.58. The molecule has 2 aromatic carbocycles. The molecule has 0 amide bonds. The quantitative estimate of drug-likeness (QED) is 0.794. The van der Waals surface area contributed by atoms with Gasteiger partial charge in [0.05, 0.1) is 5.97 Å². The molecule has 0 atom stereocenters. The van der Waals surface area contributed by atoms with Gasteiger partial charge in [-0.1, -0.05) is 18.2 Å². The lowest BCUT2D eigenvalue weighted by Crippen LogP contribution is -2.28. The van der Waals surface area contributed by atoms with Gasteiger partial charge in [0.15, 0.2) is 0 Å². The monoisotopic (exact) mass is 338 g/mol. The van der Waals surface area contributed by atoms with E-state index in [2.05, 4.69) is 4.72 Å². The van der Waals surface area contributed by atoms with Gasteiger partial charge >= 0.3 is 0 Å². The van der Waals surface area contributed by atoms with Crippen molar-refractivity contribution >= 4 is 16.0 Å². The number of rotatable bonds is 6. The van der Waals surface area contributed by atoms with E-state index in [9.17, 15) is 27.8 Å². The third kappa shape index (κ3) is 4.27. The van der Waals surface area contributed by atoms with E-state index in [-0.39, 0.29) is 18.7 Å². The normalized spacial score (nSPS) is 11.3. The minimum atomic E-state index is -4.21. The van der Waals surface area contributed by atoms with Crippen LogP contribution in [0, 0.1) is 5.82 Å². The molecule has 0 spiro atoms. The zero-order valence-corrected chi connectivity index (χ0v) is 12.6. The van der Waals surface area contributed by atoms with Crippen molar-refractivity contribution in [1.82, 2.24) is 4.72 Å². The summed E-state index contributed by atoms with van der Waals surface area (Å²) in [4.78, 5) is 10.00. The molecular formula is C15H13FNO5S-. The molecule has 0 radical (unpaired) electrons. The van der Waals surface area contributed by atoms with Crippen LogP contribution < -0.4 is 9.83 Å². The summed E-state index contributed by atoms with van der Waals surface area (Å²) in [5.41, 5.74) is 0.261. The molecule has 0 saturated carbocycles. The van der Waals surface area contributed by atoms with Crippen molar-refractivity contribution in [3.05, 3.63) is 59.4 Å². The molecule has 0 aliphatic heterocycles. The van der Waals surface area contributed by atoms with Gasteiger partial charge in [0.25, 0.3) is 0 Å². The van der Waals surface area contributed by atoms with Crippen LogP contribution >= 0.6 is 0 Å². The summed E-state index contributed by atoms with van der Waals surface area (Å²) in [7, 11) is -4.21. The van der Waals surface area contributed by atoms with Crippen LogP contribution in [0.1, 0.15) is 15.9 Å². The van der Waals surface area contributed by atoms with E-state index in [0.29, 0.717) is 11.6 Å². The minimum Gasteiger partial charge on any atom is -0.545 e. The zero-order valence-electron chi connectivity index (χ0n) is 11.8. The van der Waals surface area contributed by atoms with Crippen molar-refractivity contribution in [2.45, 2.75) is 11.3 Å². The van der Waals surface area contributed by atoms with E-state index < -0.39 is 32.3 Å². The van der Waals surface area contributed by atoms with Crippen molar-refractivity contribution in [3.8, 4) is 5.75 Å². The second kappa shape index (κ2) is 6.76. The van der Waals surface area contributed by atoms with Gasteiger partial charge in [-0.2, -0.15) is 0 Å². The van der Waals surface area contributed by atoms with E-state index >= 15 is 0 Å². The van der Waals surface area contributed by atoms with Gasteiger partial charge in [-0.05, 0) is 41.8 Å². The lowest BCUT2D eigenvalue weighted by Gasteiger charge is -2.10. The van der Waals surface area contributed by atoms with Crippen LogP contribution in [-0.2, 0) is 16.4 Å². The number of carboxylic acids is 1. The van der Waals surface area contributed by atoms with E-state index in [4.69, 9.17) is 0 Å². The maximum Gasteiger partial charge on any atom is 0.243 e. The second-order valence-corrected chi connectivity index (χ2v) is 6.49. The highest BCUT2D eigenvalue weighted by Gasteiger charge is 2.19. The van der Waals surface area contributed by atoms with Gasteiger partial charge in [-0.25, -0.2) is 17.5 Å². The molecular weight excluding hydrogens is 325 g/mol. The third-order valence-corrected chi connectivity index (χ3v) is 4.55. The molecule has 0 aromatic heterocycles. The molecule has 0 bridgehead atoms. The maximum absolute atomic E-state index is 13.7. The molecule has 6 nitrogen and oxygen atoms in total. The maximum atomic E-state index is 13.7. The Morgan fingerprint density at radius 1 is 1.22 bits per heavy atom. The molecule has 2 aromatic rings. The van der Waals surface area contributed by atoms with Crippen molar-refractivity contribution in [2.75, 3.05) is 6.54 Å². The Labute approximate surface area is 132 Å². The van der Waals surface area contributed by atoms with Gasteiger partial charge in [0.1, 0.15) is 16.5 Å². The fourth-order valence-electron chi connectivity index (χ4n) is 1.96. The first-order valence-corrected chi connectivity index (χ1v) is 8.06. The van der Waals surface area contributed by atoms with E-state index in [1.807, 2.05) is 0 Å². The lowest BCUT2D eigenvalue weighted by atomic mass is 10.1. The topological polar surface area (TPSA) is 107 Å². The summed E-state index contributed by atoms with van der Waals surface area (Å²) in [5, 5.41) is 20.1. The number of hydrogen-bond donors (Lipinski definition) is 2. The van der Waals surface area contributed by atoms with Crippen molar-refractivity contribution in [2.24, 2.45) is 0 Å². The molecule has 0 aliphatic carbocycles. The number of aromatic hydroxyl groups is 1. The number of phenolic OH excluding ortho intramolecular Hbond substituents is 1. The van der Waals surface area contributed by atoms with E-state index in [1.54, 1.807) is 12.1 Å². The van der Waals surface area contributed by atoms with Crippen LogP contribution in [0.3, 0.4) is 0 Å². The number of phenols is 1. The average Bonchev–Trinajstić information content (AvgIpc) is 2.47. The molecule has 2 rings (SSSR count). The largest absolute Gasteiger partial charge is 0.545 e. The highest BCUT2D eigenvalue weighted by atomic mass is 32.2. The summed E-state index contributed by atoms with van der Waals surface area (Å²) < 4.78 is 40.0. The van der Waals surface area contributed by atoms with E-state index in [0.717, 1.165) is 12.1 Å². The molecule has 23 heavy (non-hydrogen) atoms. The minimum absolute atomic E-state index is 0.0409. The predicted molar refractivity (Wildman–Crippen MR) is 77.7 cm³/mol. The summed E-state index contributed by atoms with van der Waals surface area (Å²) in [6, 6.07) is 8.67. The van der Waals surface area contributed by atoms with Gasteiger partial charge < -0.3 is 15.0 Å². The van der Waals surface area contributed by atoms with Crippen molar-refractivity contribution in [3.63, 3.8) is 0 Å². The smallest absolute Gasteiger partial charge is 0.243 e. The van der Waals surface area contributed by atoms with E-state index in [1.165, 1.54) is 12.1 Å². The molecule has 0 fully saturated rings. The number of sulfonamides is 1. The molecule has 0 saturated heterocycles. The zero-order chi connectivity index (χ0) is 17.0. The summed E-state index contributed by atoms with van der Waals surface area (Å²) in [5.74, 6) is -2.60. The summed E-state index contributed by atoms with van der Waals surface area (Å²) >= 11 is 0. The molecule has 0 aliphatic rings. The van der Waals surface area contributed by atoms with Crippen LogP contribution in [0.25, 0.3) is 0 Å². The van der Waals surface area contributed by atoms with Crippen LogP contribution in [0.15, 0.2) is 47.4 Å². The van der Waals surface area contributed by atoms with Gasteiger partial charge in [-0.3, -0.25) is 0 Å². The van der Waals surface area contributed by atoms with Crippen LogP contribution in [0.5, 0.6) is 5.75 Å². The van der Waals surface area contributed by atoms with Crippen LogP contribution in [-0.4, -0.2) is 26.0 Å². The number of nitrogens with one attached hydrogen (secondary N) is 1. The number of halogens is 1. The van der Waals surface area contributed by atoms with Crippen molar-refractivity contribution in [1.29, 1.82) is 0 Å². The van der Waals surface area contributed by atoms with Crippen LogP contribution in [0.4, 0.5) is 4.39 Å². The number of carbonyl (C=O) groups is 1. The Morgan fingerprint density at radius 3 is 2.61 bits per heavy atom. The molecule has 0 unspecified atom stereocenters. The Balaban J connectivity index is 2.13. The third-order valence-electron chi connectivity index (χ3n) is 3.07. The Morgan fingerprint density at radius 2 is 1.96 bits per heavy atom. The first kappa shape index (κ1) is 16.9. The van der Waals surface area contributed by atoms with Crippen molar-refractivity contribution < 1.29 is 27.8 Å². The highest BCUT2D eigenvalue weighted by molar-refractivity contribution is 7.89. The number of carboxylic acid groups (broad SMARTS) is 1. The fourth-order valence-corrected chi connectivity index (χ4v) is 3.09. The second-order valence-electron chi connectivity index (χ2n) is 4.75. The highest BCUT2D eigenvalue weighted by Crippen LogP contribution is 2.16. The Kier molecular flexibility index (Phi) is 4.97. The first-order chi connectivity index (χ1) is 10.8. The summed E-state index contributed by atoms with van der Waals surface area (Å²) in [6.07, 6.45) is 0.273. The molecule has 8 heteroatoms. The van der Waals surface area contributed by atoms with Gasteiger partial charge in [-0.15, -0.1) is 0 Å². The van der Waals surface area contributed by atoms with Gasteiger partial charge in [0.2, 0.25) is 10.0 Å². The average molecular weight is 338 g/mol. The van der Waals surface area contributed by atoms with Crippen LogP contribution in [0.2, 0.25) is 0 Å². The Bertz CT molecular complexity index is 836. The van der Waals surface area contributed by atoms with Gasteiger partial charge in [0, 0.05) is 6.54 Å². The number of hydrogen-bond acceptors (Lipinski definition) is 5. The predicted octanol–water partition coefficient (Wildman–Crippen LogP) is 0.416. The lowest BCUT2D eigenvalue weighted by molar-refractivity contribution is -0.255. The molecule has 0 heterocycles. The molecule has 2 N–H and O–H groups in total. The summed E-state index contributed by atoms with van der Waals surface area (Å²) in [6.45, 7) is -0.0409. The fraction of sp³-hybridized carbons (Fsp3) is 0.133. The standard InChI is InChI=1S/C15H14FNO5S/c16-13-5-4-11(15(19)20)9-14(13)23(21,22)17-7-6-10-2-1-3-12(18)8-10/h1-5,8-9,17-18H,6-7H2,(H,19,20)/p-1. The number of benzene rings is 2. The number of aromatic carboxylic acids is 1. The number of carbonyl (C=O) groups excluding carboxylic acids is 1. The Hall–Kier alpha value is -2.45. The molecule has 122 valence electrons.